The van der Waals surface area contributed by atoms with Crippen LogP contribution in [-0.2, 0) is 20.9 Å². The second kappa shape index (κ2) is 9.56. The molecular weight excluding hydrogens is 372 g/mol. The SMILES string of the molecule is Cc1ccc(OCCN(C)C(=O)Cn2cc(NC(=O)C3CC(C)CO3)cn2)cc1. The number of amides is 2. The van der Waals surface area contributed by atoms with Gasteiger partial charge in [0.25, 0.3) is 5.91 Å². The second-order valence-corrected chi connectivity index (χ2v) is 7.56. The summed E-state index contributed by atoms with van der Waals surface area (Å²) >= 11 is 0. The predicted molar refractivity (Wildman–Crippen MR) is 109 cm³/mol. The van der Waals surface area contributed by atoms with Crippen LogP contribution in [0.4, 0.5) is 5.69 Å². The third-order valence-electron chi connectivity index (χ3n) is 4.83. The third-order valence-corrected chi connectivity index (χ3v) is 4.83. The van der Waals surface area contributed by atoms with Crippen LogP contribution in [0.1, 0.15) is 18.9 Å². The summed E-state index contributed by atoms with van der Waals surface area (Å²) in [6, 6.07) is 7.79. The molecule has 1 aromatic carbocycles. The van der Waals surface area contributed by atoms with Crippen molar-refractivity contribution in [3.63, 3.8) is 0 Å². The topological polar surface area (TPSA) is 85.7 Å². The lowest BCUT2D eigenvalue weighted by atomic mass is 10.1. The van der Waals surface area contributed by atoms with Crippen molar-refractivity contribution in [3.05, 3.63) is 42.2 Å². The molecule has 1 aromatic heterocycles. The van der Waals surface area contributed by atoms with Gasteiger partial charge in [0.1, 0.15) is 25.0 Å². The lowest BCUT2D eigenvalue weighted by Gasteiger charge is -2.17. The molecule has 0 spiro atoms. The van der Waals surface area contributed by atoms with Gasteiger partial charge in [0.05, 0.1) is 25.0 Å². The first kappa shape index (κ1) is 20.9. The van der Waals surface area contributed by atoms with Crippen molar-refractivity contribution in [3.8, 4) is 5.75 Å². The van der Waals surface area contributed by atoms with E-state index in [-0.39, 0.29) is 18.4 Å². The molecule has 2 amide bonds. The summed E-state index contributed by atoms with van der Waals surface area (Å²) in [6.07, 6.45) is 3.47. The average molecular weight is 400 g/mol. The molecule has 2 heterocycles. The molecule has 0 aliphatic carbocycles. The Morgan fingerprint density at radius 1 is 1.34 bits per heavy atom. The molecular formula is C21H28N4O4. The molecule has 8 nitrogen and oxygen atoms in total. The van der Waals surface area contributed by atoms with E-state index in [1.165, 1.54) is 16.4 Å². The highest BCUT2D eigenvalue weighted by atomic mass is 16.5. The van der Waals surface area contributed by atoms with Crippen LogP contribution >= 0.6 is 0 Å². The first-order valence-electron chi connectivity index (χ1n) is 9.79. The quantitative estimate of drug-likeness (QED) is 0.733. The number of likely N-dealkylation sites (N-methyl/N-ethyl adjacent to an activating group) is 1. The average Bonchev–Trinajstić information content (AvgIpc) is 3.32. The molecule has 0 bridgehead atoms. The van der Waals surface area contributed by atoms with Gasteiger partial charge >= 0.3 is 0 Å². The van der Waals surface area contributed by atoms with Gasteiger partial charge in [-0.25, -0.2) is 0 Å². The number of ether oxygens (including phenoxy) is 2. The summed E-state index contributed by atoms with van der Waals surface area (Å²) in [4.78, 5) is 26.2. The smallest absolute Gasteiger partial charge is 0.253 e. The largest absolute Gasteiger partial charge is 0.492 e. The third kappa shape index (κ3) is 6.05. The molecule has 1 aliphatic heterocycles. The Morgan fingerprint density at radius 2 is 2.10 bits per heavy atom. The number of benzene rings is 1. The van der Waals surface area contributed by atoms with Gasteiger partial charge in [0.2, 0.25) is 5.91 Å². The van der Waals surface area contributed by atoms with Crippen LogP contribution in [0.25, 0.3) is 0 Å². The first-order valence-corrected chi connectivity index (χ1v) is 9.79. The van der Waals surface area contributed by atoms with E-state index in [2.05, 4.69) is 17.3 Å². The van der Waals surface area contributed by atoms with Crippen LogP contribution in [0.2, 0.25) is 0 Å². The van der Waals surface area contributed by atoms with Crippen molar-refractivity contribution >= 4 is 17.5 Å². The number of aryl methyl sites for hydroxylation is 1. The number of anilines is 1. The maximum atomic E-state index is 12.4. The summed E-state index contributed by atoms with van der Waals surface area (Å²) in [5.41, 5.74) is 1.72. The van der Waals surface area contributed by atoms with E-state index in [0.717, 1.165) is 5.75 Å². The maximum absolute atomic E-state index is 12.4. The normalized spacial score (nSPS) is 18.4. The second-order valence-electron chi connectivity index (χ2n) is 7.56. The van der Waals surface area contributed by atoms with Crippen LogP contribution in [0.15, 0.2) is 36.7 Å². The molecule has 0 saturated carbocycles. The number of nitrogens with zero attached hydrogens (tertiary/aromatic N) is 3. The van der Waals surface area contributed by atoms with Crippen molar-refractivity contribution in [1.82, 2.24) is 14.7 Å². The van der Waals surface area contributed by atoms with Crippen LogP contribution in [0.5, 0.6) is 5.75 Å². The number of rotatable bonds is 8. The summed E-state index contributed by atoms with van der Waals surface area (Å²) in [5.74, 6) is 0.901. The fraction of sp³-hybridized carbons (Fsp3) is 0.476. The van der Waals surface area contributed by atoms with Gasteiger partial charge in [-0.2, -0.15) is 5.10 Å². The van der Waals surface area contributed by atoms with Crippen LogP contribution in [-0.4, -0.2) is 59.4 Å². The Bertz CT molecular complexity index is 833. The molecule has 8 heteroatoms. The number of carbonyl (C=O) groups excluding carboxylic acids is 2. The van der Waals surface area contributed by atoms with Gasteiger partial charge in [0.15, 0.2) is 0 Å². The minimum absolute atomic E-state index is 0.0911. The molecule has 29 heavy (non-hydrogen) atoms. The predicted octanol–water partition coefficient (Wildman–Crippen LogP) is 2.09. The number of nitrogens with one attached hydrogen (secondary N) is 1. The number of hydrogen-bond donors (Lipinski definition) is 1. The standard InChI is InChI=1S/C21H28N4O4/c1-15-4-6-18(7-5-15)28-9-8-24(3)20(26)13-25-12-17(11-22-25)23-21(27)19-10-16(2)14-29-19/h4-7,11-12,16,19H,8-10,13-14H2,1-3H3,(H,23,27). The molecule has 156 valence electrons. The van der Waals surface area contributed by atoms with E-state index in [1.54, 1.807) is 18.1 Å². The minimum atomic E-state index is -0.422. The first-order chi connectivity index (χ1) is 13.9. The molecule has 1 saturated heterocycles. The highest BCUT2D eigenvalue weighted by molar-refractivity contribution is 5.94. The summed E-state index contributed by atoms with van der Waals surface area (Å²) in [6.45, 7) is 5.64. The Hall–Kier alpha value is -2.87. The van der Waals surface area contributed by atoms with E-state index < -0.39 is 6.10 Å². The van der Waals surface area contributed by atoms with Crippen molar-refractivity contribution in [2.75, 3.05) is 32.1 Å². The molecule has 1 aliphatic rings. The van der Waals surface area contributed by atoms with Gasteiger partial charge in [-0.3, -0.25) is 14.3 Å². The fourth-order valence-electron chi connectivity index (χ4n) is 3.02. The van der Waals surface area contributed by atoms with Crippen molar-refractivity contribution in [2.45, 2.75) is 32.9 Å². The molecule has 2 aromatic rings. The summed E-state index contributed by atoms with van der Waals surface area (Å²) in [7, 11) is 1.73. The van der Waals surface area contributed by atoms with Crippen LogP contribution in [0.3, 0.4) is 0 Å². The minimum Gasteiger partial charge on any atom is -0.492 e. The van der Waals surface area contributed by atoms with Crippen molar-refractivity contribution < 1.29 is 19.1 Å². The Morgan fingerprint density at radius 3 is 2.79 bits per heavy atom. The van der Waals surface area contributed by atoms with E-state index >= 15 is 0 Å². The van der Waals surface area contributed by atoms with Crippen molar-refractivity contribution in [1.29, 1.82) is 0 Å². The maximum Gasteiger partial charge on any atom is 0.253 e. The zero-order valence-electron chi connectivity index (χ0n) is 17.1. The number of hydrogen-bond acceptors (Lipinski definition) is 5. The van der Waals surface area contributed by atoms with E-state index in [0.29, 0.717) is 37.8 Å². The van der Waals surface area contributed by atoms with Gasteiger partial charge in [-0.1, -0.05) is 24.6 Å². The molecule has 3 rings (SSSR count). The number of aromatic nitrogens is 2. The van der Waals surface area contributed by atoms with Gasteiger partial charge in [-0.05, 0) is 31.4 Å². The van der Waals surface area contributed by atoms with Gasteiger partial charge < -0.3 is 19.7 Å². The van der Waals surface area contributed by atoms with E-state index in [4.69, 9.17) is 9.47 Å². The summed E-state index contributed by atoms with van der Waals surface area (Å²) in [5, 5.41) is 6.94. The molecule has 1 N–H and O–H groups in total. The zero-order valence-corrected chi connectivity index (χ0v) is 17.1. The van der Waals surface area contributed by atoms with Crippen LogP contribution < -0.4 is 10.1 Å². The van der Waals surface area contributed by atoms with Crippen LogP contribution in [0, 0.1) is 12.8 Å². The number of carbonyl (C=O) groups is 2. The van der Waals surface area contributed by atoms with E-state index in [1.807, 2.05) is 31.2 Å². The molecule has 2 unspecified atom stereocenters. The monoisotopic (exact) mass is 400 g/mol. The lowest BCUT2D eigenvalue weighted by molar-refractivity contribution is -0.131. The highest BCUT2D eigenvalue weighted by Crippen LogP contribution is 2.20. The van der Waals surface area contributed by atoms with E-state index in [9.17, 15) is 9.59 Å². The Balaban J connectivity index is 1.41. The molecule has 1 fully saturated rings. The van der Waals surface area contributed by atoms with Crippen molar-refractivity contribution in [2.24, 2.45) is 5.92 Å². The lowest BCUT2D eigenvalue weighted by Crippen LogP contribution is -2.33. The molecule has 0 radical (unpaired) electrons. The van der Waals surface area contributed by atoms with Gasteiger partial charge in [0, 0.05) is 13.2 Å². The highest BCUT2D eigenvalue weighted by Gasteiger charge is 2.28. The Kier molecular flexibility index (Phi) is 6.87. The fourth-order valence-corrected chi connectivity index (χ4v) is 3.02. The zero-order chi connectivity index (χ0) is 20.8. The Labute approximate surface area is 170 Å². The summed E-state index contributed by atoms with van der Waals surface area (Å²) < 4.78 is 12.6. The van der Waals surface area contributed by atoms with Gasteiger partial charge in [-0.15, -0.1) is 0 Å². The molecule has 2 atom stereocenters.